The number of hydrogen-bond donors (Lipinski definition) is 3. The number of urea groups is 1. The van der Waals surface area contributed by atoms with Gasteiger partial charge in [0.1, 0.15) is 0 Å². The van der Waals surface area contributed by atoms with Gasteiger partial charge < -0.3 is 20.6 Å². The second-order valence-corrected chi connectivity index (χ2v) is 4.20. The molecule has 1 aliphatic rings. The molecule has 6 nitrogen and oxygen atoms in total. The molecule has 0 aromatic carbocycles. The lowest BCUT2D eigenvalue weighted by atomic mass is 10.1. The van der Waals surface area contributed by atoms with Crippen molar-refractivity contribution in [2.75, 3.05) is 33.2 Å². The van der Waals surface area contributed by atoms with Crippen molar-refractivity contribution in [3.05, 3.63) is 0 Å². The van der Waals surface area contributed by atoms with Crippen LogP contribution in [0.3, 0.4) is 0 Å². The Morgan fingerprint density at radius 1 is 1.44 bits per heavy atom. The lowest BCUT2D eigenvalue weighted by Crippen LogP contribution is -2.39. The van der Waals surface area contributed by atoms with Gasteiger partial charge in [0.15, 0.2) is 0 Å². The SMILES string of the molecule is CN1CCC(CNC(=O)NCCC(=O)O)C1. The van der Waals surface area contributed by atoms with E-state index in [0.29, 0.717) is 12.5 Å². The summed E-state index contributed by atoms with van der Waals surface area (Å²) in [6.07, 6.45) is 1.06. The first-order chi connectivity index (χ1) is 7.58. The molecule has 0 aliphatic carbocycles. The summed E-state index contributed by atoms with van der Waals surface area (Å²) < 4.78 is 0. The normalized spacial score (nSPS) is 20.7. The third kappa shape index (κ3) is 4.97. The Hall–Kier alpha value is -1.30. The van der Waals surface area contributed by atoms with E-state index in [2.05, 4.69) is 22.6 Å². The minimum Gasteiger partial charge on any atom is -0.481 e. The van der Waals surface area contributed by atoms with Gasteiger partial charge in [-0.15, -0.1) is 0 Å². The maximum absolute atomic E-state index is 11.2. The zero-order chi connectivity index (χ0) is 12.0. The van der Waals surface area contributed by atoms with Gasteiger partial charge in [0.05, 0.1) is 6.42 Å². The fraction of sp³-hybridized carbons (Fsp3) is 0.800. The Kier molecular flexibility index (Phi) is 5.04. The van der Waals surface area contributed by atoms with Crippen molar-refractivity contribution in [2.24, 2.45) is 5.92 Å². The van der Waals surface area contributed by atoms with Crippen LogP contribution in [0.15, 0.2) is 0 Å². The van der Waals surface area contributed by atoms with E-state index >= 15 is 0 Å². The number of carboxylic acid groups (broad SMARTS) is 1. The lowest BCUT2D eigenvalue weighted by molar-refractivity contribution is -0.136. The largest absolute Gasteiger partial charge is 0.481 e. The molecule has 0 aromatic heterocycles. The van der Waals surface area contributed by atoms with Crippen molar-refractivity contribution in [1.29, 1.82) is 0 Å². The molecule has 0 spiro atoms. The van der Waals surface area contributed by atoms with E-state index in [9.17, 15) is 9.59 Å². The zero-order valence-corrected chi connectivity index (χ0v) is 9.53. The van der Waals surface area contributed by atoms with Crippen LogP contribution in [0.4, 0.5) is 4.79 Å². The molecule has 16 heavy (non-hydrogen) atoms. The first-order valence-electron chi connectivity index (χ1n) is 5.50. The standard InChI is InChI=1S/C10H19N3O3/c1-13-5-3-8(7-13)6-12-10(16)11-4-2-9(14)15/h8H,2-7H2,1H3,(H,14,15)(H2,11,12,16). The molecule has 0 aromatic rings. The summed E-state index contributed by atoms with van der Waals surface area (Å²) in [5.74, 6) is -0.395. The third-order valence-corrected chi connectivity index (χ3v) is 2.66. The minimum atomic E-state index is -0.905. The first kappa shape index (κ1) is 12.8. The number of amides is 2. The molecule has 0 radical (unpaired) electrons. The highest BCUT2D eigenvalue weighted by molar-refractivity contribution is 5.74. The van der Waals surface area contributed by atoms with Crippen LogP contribution in [0.25, 0.3) is 0 Å². The van der Waals surface area contributed by atoms with Crippen molar-refractivity contribution >= 4 is 12.0 Å². The molecule has 1 saturated heterocycles. The predicted octanol–water partition coefficient (Wildman–Crippen LogP) is -0.288. The van der Waals surface area contributed by atoms with Crippen molar-refractivity contribution in [2.45, 2.75) is 12.8 Å². The van der Waals surface area contributed by atoms with E-state index in [1.54, 1.807) is 0 Å². The average molecular weight is 229 g/mol. The summed E-state index contributed by atoms with van der Waals surface area (Å²) in [4.78, 5) is 23.7. The maximum atomic E-state index is 11.2. The summed E-state index contributed by atoms with van der Waals surface area (Å²) in [6.45, 7) is 2.91. The summed E-state index contributed by atoms with van der Waals surface area (Å²) in [5, 5.41) is 13.6. The van der Waals surface area contributed by atoms with Gasteiger partial charge in [-0.2, -0.15) is 0 Å². The van der Waals surface area contributed by atoms with Gasteiger partial charge in [-0.05, 0) is 25.9 Å². The van der Waals surface area contributed by atoms with Gasteiger partial charge in [-0.25, -0.2) is 4.79 Å². The average Bonchev–Trinajstić information content (AvgIpc) is 2.61. The smallest absolute Gasteiger partial charge is 0.314 e. The molecule has 6 heteroatoms. The van der Waals surface area contributed by atoms with Crippen molar-refractivity contribution < 1.29 is 14.7 Å². The molecule has 92 valence electrons. The van der Waals surface area contributed by atoms with Crippen LogP contribution >= 0.6 is 0 Å². The summed E-state index contributed by atoms with van der Waals surface area (Å²) in [5.41, 5.74) is 0. The number of hydrogen-bond acceptors (Lipinski definition) is 3. The van der Waals surface area contributed by atoms with Gasteiger partial charge in [-0.3, -0.25) is 4.79 Å². The van der Waals surface area contributed by atoms with Crippen molar-refractivity contribution in [3.8, 4) is 0 Å². The minimum absolute atomic E-state index is 0.0421. The number of carbonyl (C=O) groups excluding carboxylic acids is 1. The second kappa shape index (κ2) is 6.32. The van der Waals surface area contributed by atoms with E-state index < -0.39 is 5.97 Å². The Bertz CT molecular complexity index is 258. The molecule has 1 heterocycles. The van der Waals surface area contributed by atoms with Crippen LogP contribution < -0.4 is 10.6 Å². The van der Waals surface area contributed by atoms with E-state index in [0.717, 1.165) is 19.5 Å². The quantitative estimate of drug-likeness (QED) is 0.605. The van der Waals surface area contributed by atoms with Crippen LogP contribution in [-0.2, 0) is 4.79 Å². The highest BCUT2D eigenvalue weighted by Gasteiger charge is 2.19. The zero-order valence-electron chi connectivity index (χ0n) is 9.53. The molecule has 2 amide bonds. The number of nitrogens with one attached hydrogen (secondary N) is 2. The van der Waals surface area contributed by atoms with E-state index in [1.165, 1.54) is 0 Å². The number of carbonyl (C=O) groups is 2. The molecule has 0 bridgehead atoms. The third-order valence-electron chi connectivity index (χ3n) is 2.66. The molecule has 1 fully saturated rings. The summed E-state index contributed by atoms with van der Waals surface area (Å²) >= 11 is 0. The number of carboxylic acids is 1. The monoisotopic (exact) mass is 229 g/mol. The molecule has 3 N–H and O–H groups in total. The predicted molar refractivity (Wildman–Crippen MR) is 59.3 cm³/mol. The Morgan fingerprint density at radius 2 is 2.19 bits per heavy atom. The molecule has 1 rings (SSSR count). The molecule has 1 aliphatic heterocycles. The van der Waals surface area contributed by atoms with Crippen LogP contribution in [0.2, 0.25) is 0 Å². The van der Waals surface area contributed by atoms with Crippen molar-refractivity contribution in [1.82, 2.24) is 15.5 Å². The summed E-state index contributed by atoms with van der Waals surface area (Å²) in [7, 11) is 2.06. The molecular weight excluding hydrogens is 210 g/mol. The number of likely N-dealkylation sites (tertiary alicyclic amines) is 1. The summed E-state index contributed by atoms with van der Waals surface area (Å²) in [6, 6.07) is -0.282. The maximum Gasteiger partial charge on any atom is 0.314 e. The van der Waals surface area contributed by atoms with Gasteiger partial charge in [-0.1, -0.05) is 0 Å². The second-order valence-electron chi connectivity index (χ2n) is 4.20. The first-order valence-corrected chi connectivity index (χ1v) is 5.50. The Morgan fingerprint density at radius 3 is 2.75 bits per heavy atom. The Balaban J connectivity index is 2.04. The van der Waals surface area contributed by atoms with Gasteiger partial charge >= 0.3 is 12.0 Å². The van der Waals surface area contributed by atoms with Crippen LogP contribution in [-0.4, -0.2) is 55.2 Å². The van der Waals surface area contributed by atoms with Gasteiger partial charge in [0.2, 0.25) is 0 Å². The van der Waals surface area contributed by atoms with Crippen LogP contribution in [0.5, 0.6) is 0 Å². The van der Waals surface area contributed by atoms with E-state index in [1.807, 2.05) is 0 Å². The highest BCUT2D eigenvalue weighted by atomic mass is 16.4. The fourth-order valence-corrected chi connectivity index (χ4v) is 1.78. The van der Waals surface area contributed by atoms with Crippen LogP contribution in [0, 0.1) is 5.92 Å². The number of nitrogens with zero attached hydrogens (tertiary/aromatic N) is 1. The number of rotatable bonds is 5. The number of aliphatic carboxylic acids is 1. The van der Waals surface area contributed by atoms with Gasteiger partial charge in [0.25, 0.3) is 0 Å². The molecule has 1 unspecified atom stereocenters. The van der Waals surface area contributed by atoms with Crippen molar-refractivity contribution in [3.63, 3.8) is 0 Å². The van der Waals surface area contributed by atoms with E-state index in [-0.39, 0.29) is 19.0 Å². The highest BCUT2D eigenvalue weighted by Crippen LogP contribution is 2.12. The molecule has 0 saturated carbocycles. The molecule has 1 atom stereocenters. The Labute approximate surface area is 95.0 Å². The molecular formula is C10H19N3O3. The topological polar surface area (TPSA) is 81.7 Å². The van der Waals surface area contributed by atoms with Gasteiger partial charge in [0, 0.05) is 19.6 Å². The lowest BCUT2D eigenvalue weighted by Gasteiger charge is -2.12. The fourth-order valence-electron chi connectivity index (χ4n) is 1.78. The van der Waals surface area contributed by atoms with Crippen LogP contribution in [0.1, 0.15) is 12.8 Å². The van der Waals surface area contributed by atoms with E-state index in [4.69, 9.17) is 5.11 Å².